The highest BCUT2D eigenvalue weighted by molar-refractivity contribution is 4.85. The molecule has 92 valence electrons. The van der Waals surface area contributed by atoms with Gasteiger partial charge in [0.2, 0.25) is 0 Å². The normalized spacial score (nSPS) is 30.7. The lowest BCUT2D eigenvalue weighted by Crippen LogP contribution is -2.34. The van der Waals surface area contributed by atoms with Crippen LogP contribution in [0.3, 0.4) is 0 Å². The summed E-state index contributed by atoms with van der Waals surface area (Å²) in [4.78, 5) is 0. The Bertz CT molecular complexity index is 254. The van der Waals surface area contributed by atoms with Crippen molar-refractivity contribution in [1.29, 1.82) is 5.26 Å². The molecular weight excluding hydrogens is 198 g/mol. The molecular formula is C14H25NO. The van der Waals surface area contributed by atoms with Crippen molar-refractivity contribution in [3.8, 4) is 6.07 Å². The molecule has 0 spiro atoms. The molecule has 0 N–H and O–H groups in total. The van der Waals surface area contributed by atoms with Crippen molar-refractivity contribution in [2.24, 2.45) is 11.3 Å². The van der Waals surface area contributed by atoms with Gasteiger partial charge in [0, 0.05) is 0 Å². The lowest BCUT2D eigenvalue weighted by atomic mass is 9.71. The van der Waals surface area contributed by atoms with Crippen molar-refractivity contribution in [3.63, 3.8) is 0 Å². The monoisotopic (exact) mass is 223 g/mol. The summed E-state index contributed by atoms with van der Waals surface area (Å²) in [6.45, 7) is 9.05. The molecule has 3 unspecified atom stereocenters. The zero-order chi connectivity index (χ0) is 12.2. The molecule has 0 bridgehead atoms. The summed E-state index contributed by atoms with van der Waals surface area (Å²) in [7, 11) is 0. The Morgan fingerprint density at radius 3 is 2.62 bits per heavy atom. The molecule has 2 heteroatoms. The lowest BCUT2D eigenvalue weighted by molar-refractivity contribution is -0.0644. The van der Waals surface area contributed by atoms with Gasteiger partial charge >= 0.3 is 0 Å². The maximum atomic E-state index is 8.72. The van der Waals surface area contributed by atoms with E-state index in [0.717, 1.165) is 25.2 Å². The molecule has 0 aromatic heterocycles. The predicted molar refractivity (Wildman–Crippen MR) is 66.0 cm³/mol. The third kappa shape index (κ3) is 4.14. The van der Waals surface area contributed by atoms with Crippen molar-refractivity contribution in [3.05, 3.63) is 0 Å². The quantitative estimate of drug-likeness (QED) is 0.724. The highest BCUT2D eigenvalue weighted by atomic mass is 16.5. The van der Waals surface area contributed by atoms with Crippen LogP contribution in [0.25, 0.3) is 0 Å². The summed E-state index contributed by atoms with van der Waals surface area (Å²) >= 11 is 0. The SMILES string of the molecule is CCC(CC#N)OC1CC(C)CC(C)(C)C1. The molecule has 1 saturated carbocycles. The molecule has 0 aliphatic heterocycles. The topological polar surface area (TPSA) is 33.0 Å². The van der Waals surface area contributed by atoms with Gasteiger partial charge in [0.1, 0.15) is 0 Å². The molecule has 0 radical (unpaired) electrons. The first-order valence-electron chi connectivity index (χ1n) is 6.49. The average Bonchev–Trinajstić information content (AvgIpc) is 2.13. The molecule has 0 saturated heterocycles. The summed E-state index contributed by atoms with van der Waals surface area (Å²) in [5, 5.41) is 8.72. The van der Waals surface area contributed by atoms with Gasteiger partial charge < -0.3 is 4.74 Å². The fraction of sp³-hybridized carbons (Fsp3) is 0.929. The maximum Gasteiger partial charge on any atom is 0.0706 e. The van der Waals surface area contributed by atoms with Gasteiger partial charge in [-0.05, 0) is 37.0 Å². The second-order valence-corrected chi connectivity index (χ2v) is 6.06. The number of rotatable bonds is 4. The fourth-order valence-corrected chi connectivity index (χ4v) is 3.02. The first kappa shape index (κ1) is 13.5. The minimum Gasteiger partial charge on any atom is -0.374 e. The largest absolute Gasteiger partial charge is 0.374 e. The molecule has 0 amide bonds. The summed E-state index contributed by atoms with van der Waals surface area (Å²) in [6, 6.07) is 2.22. The Morgan fingerprint density at radius 1 is 1.44 bits per heavy atom. The molecule has 1 rings (SSSR count). The molecule has 0 aromatic rings. The van der Waals surface area contributed by atoms with Gasteiger partial charge in [-0.1, -0.05) is 27.7 Å². The van der Waals surface area contributed by atoms with E-state index in [1.54, 1.807) is 0 Å². The molecule has 1 aliphatic rings. The smallest absolute Gasteiger partial charge is 0.0706 e. The standard InChI is InChI=1S/C14H25NO/c1-5-12(6-7-15)16-13-8-11(2)9-14(3,4)10-13/h11-13H,5-6,8-10H2,1-4H3. The van der Waals surface area contributed by atoms with Crippen molar-refractivity contribution in [2.45, 2.75) is 72.0 Å². The van der Waals surface area contributed by atoms with Crippen molar-refractivity contribution >= 4 is 0 Å². The van der Waals surface area contributed by atoms with Crippen LogP contribution in [0.1, 0.15) is 59.8 Å². The number of nitrogens with zero attached hydrogens (tertiary/aromatic N) is 1. The predicted octanol–water partition coefficient (Wildman–Crippen LogP) is 3.91. The Hall–Kier alpha value is -0.550. The molecule has 1 aliphatic carbocycles. The summed E-state index contributed by atoms with van der Waals surface area (Å²) < 4.78 is 6.06. The van der Waals surface area contributed by atoms with Crippen LogP contribution in [0.4, 0.5) is 0 Å². The minimum atomic E-state index is 0.135. The van der Waals surface area contributed by atoms with Gasteiger partial charge in [0.15, 0.2) is 0 Å². The zero-order valence-electron chi connectivity index (χ0n) is 11.1. The van der Waals surface area contributed by atoms with Crippen molar-refractivity contribution < 1.29 is 4.74 Å². The number of hydrogen-bond acceptors (Lipinski definition) is 2. The van der Waals surface area contributed by atoms with Crippen LogP contribution in [-0.2, 0) is 4.74 Å². The Morgan fingerprint density at radius 2 is 2.12 bits per heavy atom. The van der Waals surface area contributed by atoms with E-state index in [9.17, 15) is 0 Å². The van der Waals surface area contributed by atoms with Crippen LogP contribution in [0.5, 0.6) is 0 Å². The van der Waals surface area contributed by atoms with E-state index >= 15 is 0 Å². The Balaban J connectivity index is 2.50. The summed E-state index contributed by atoms with van der Waals surface area (Å²) in [5.41, 5.74) is 0.396. The van der Waals surface area contributed by atoms with Crippen LogP contribution < -0.4 is 0 Å². The molecule has 0 aromatic carbocycles. The van der Waals surface area contributed by atoms with Crippen LogP contribution in [-0.4, -0.2) is 12.2 Å². The van der Waals surface area contributed by atoms with Gasteiger partial charge in [-0.2, -0.15) is 5.26 Å². The lowest BCUT2D eigenvalue weighted by Gasteiger charge is -2.39. The van der Waals surface area contributed by atoms with Gasteiger partial charge in [-0.15, -0.1) is 0 Å². The fourth-order valence-electron chi connectivity index (χ4n) is 3.02. The third-order valence-corrected chi connectivity index (χ3v) is 3.51. The second kappa shape index (κ2) is 5.68. The first-order valence-corrected chi connectivity index (χ1v) is 6.49. The molecule has 1 fully saturated rings. The first-order chi connectivity index (χ1) is 7.46. The van der Waals surface area contributed by atoms with E-state index in [1.807, 2.05) is 0 Å². The molecule has 3 atom stereocenters. The second-order valence-electron chi connectivity index (χ2n) is 6.06. The highest BCUT2D eigenvalue weighted by Crippen LogP contribution is 2.40. The highest BCUT2D eigenvalue weighted by Gasteiger charge is 2.33. The van der Waals surface area contributed by atoms with Crippen LogP contribution >= 0.6 is 0 Å². The van der Waals surface area contributed by atoms with Crippen LogP contribution in [0.2, 0.25) is 0 Å². The van der Waals surface area contributed by atoms with Crippen molar-refractivity contribution in [1.82, 2.24) is 0 Å². The van der Waals surface area contributed by atoms with Gasteiger partial charge in [-0.3, -0.25) is 0 Å². The van der Waals surface area contributed by atoms with Gasteiger partial charge in [0.25, 0.3) is 0 Å². The van der Waals surface area contributed by atoms with E-state index in [1.165, 1.54) is 6.42 Å². The van der Waals surface area contributed by atoms with Gasteiger partial charge in [0.05, 0.1) is 24.7 Å². The van der Waals surface area contributed by atoms with E-state index in [2.05, 4.69) is 33.8 Å². The number of ether oxygens (including phenoxy) is 1. The van der Waals surface area contributed by atoms with Crippen LogP contribution in [0, 0.1) is 22.7 Å². The Labute approximate surface area is 100.0 Å². The minimum absolute atomic E-state index is 0.135. The molecule has 2 nitrogen and oxygen atoms in total. The van der Waals surface area contributed by atoms with Crippen molar-refractivity contribution in [2.75, 3.05) is 0 Å². The molecule has 0 heterocycles. The third-order valence-electron chi connectivity index (χ3n) is 3.51. The van der Waals surface area contributed by atoms with E-state index < -0.39 is 0 Å². The number of nitriles is 1. The molecule has 16 heavy (non-hydrogen) atoms. The average molecular weight is 223 g/mol. The van der Waals surface area contributed by atoms with E-state index in [-0.39, 0.29) is 6.10 Å². The van der Waals surface area contributed by atoms with Gasteiger partial charge in [-0.25, -0.2) is 0 Å². The zero-order valence-corrected chi connectivity index (χ0v) is 11.1. The van der Waals surface area contributed by atoms with Crippen LogP contribution in [0.15, 0.2) is 0 Å². The van der Waals surface area contributed by atoms with E-state index in [4.69, 9.17) is 10.00 Å². The Kier molecular flexibility index (Phi) is 4.80. The van der Waals surface area contributed by atoms with E-state index in [0.29, 0.717) is 17.9 Å². The number of hydrogen-bond donors (Lipinski definition) is 0. The summed E-state index contributed by atoms with van der Waals surface area (Å²) in [6.07, 6.45) is 5.56. The summed E-state index contributed by atoms with van der Waals surface area (Å²) in [5.74, 6) is 0.744. The maximum absolute atomic E-state index is 8.72.